The molecule has 0 radical (unpaired) electrons. The number of amides is 1. The molecule has 2 aliphatic rings. The van der Waals surface area contributed by atoms with Crippen molar-refractivity contribution >= 4 is 33.8 Å². The molecule has 1 aromatic carbocycles. The van der Waals surface area contributed by atoms with Crippen LogP contribution in [0, 0.1) is 11.8 Å². The molecule has 1 N–H and O–H groups in total. The number of methoxy groups -OCH3 is 2. The highest BCUT2D eigenvalue weighted by molar-refractivity contribution is 9.09. The third-order valence-electron chi connectivity index (χ3n) is 4.70. The molecule has 134 valence electrons. The highest BCUT2D eigenvalue weighted by Crippen LogP contribution is 2.47. The van der Waals surface area contributed by atoms with Crippen LogP contribution in [0.15, 0.2) is 30.3 Å². The van der Waals surface area contributed by atoms with Gasteiger partial charge in [0.05, 0.1) is 37.3 Å². The van der Waals surface area contributed by atoms with Gasteiger partial charge < -0.3 is 19.5 Å². The minimum Gasteiger partial charge on any atom is -0.469 e. The first-order valence-corrected chi connectivity index (χ1v) is 8.72. The number of benzene rings is 1. The van der Waals surface area contributed by atoms with Crippen LogP contribution in [0.25, 0.3) is 0 Å². The largest absolute Gasteiger partial charge is 0.469 e. The van der Waals surface area contributed by atoms with Crippen LogP contribution < -0.4 is 5.32 Å². The van der Waals surface area contributed by atoms with Gasteiger partial charge in [0.25, 0.3) is 5.91 Å². The number of hydrogen-bond donors (Lipinski definition) is 1. The van der Waals surface area contributed by atoms with Crippen molar-refractivity contribution in [2.45, 2.75) is 23.1 Å². The lowest BCUT2D eigenvalue weighted by Gasteiger charge is -2.33. The predicted octanol–water partition coefficient (Wildman–Crippen LogP) is 0.908. The van der Waals surface area contributed by atoms with Crippen molar-refractivity contribution in [1.82, 2.24) is 5.32 Å². The molecule has 0 aliphatic carbocycles. The van der Waals surface area contributed by atoms with Crippen molar-refractivity contribution in [3.05, 3.63) is 35.9 Å². The van der Waals surface area contributed by atoms with E-state index in [-0.39, 0.29) is 10.7 Å². The van der Waals surface area contributed by atoms with Gasteiger partial charge in [-0.25, -0.2) is 0 Å². The number of carbonyl (C=O) groups excluding carboxylic acids is 3. The zero-order valence-corrected chi connectivity index (χ0v) is 15.3. The van der Waals surface area contributed by atoms with Crippen LogP contribution in [0.1, 0.15) is 10.4 Å². The fourth-order valence-corrected chi connectivity index (χ4v) is 4.43. The molecule has 7 nitrogen and oxygen atoms in total. The van der Waals surface area contributed by atoms with Crippen molar-refractivity contribution in [3.63, 3.8) is 0 Å². The Morgan fingerprint density at radius 1 is 1.00 bits per heavy atom. The van der Waals surface area contributed by atoms with E-state index in [9.17, 15) is 14.4 Å². The molecule has 0 saturated carbocycles. The number of nitrogens with one attached hydrogen (secondary N) is 1. The van der Waals surface area contributed by atoms with E-state index in [1.165, 1.54) is 14.2 Å². The Balaban J connectivity index is 1.83. The number of fused-ring (bicyclic) bond motifs is 2. The van der Waals surface area contributed by atoms with Crippen molar-refractivity contribution < 1.29 is 28.6 Å². The van der Waals surface area contributed by atoms with E-state index in [4.69, 9.17) is 14.2 Å². The highest BCUT2D eigenvalue weighted by atomic mass is 79.9. The van der Waals surface area contributed by atoms with Crippen LogP contribution in [0.2, 0.25) is 0 Å². The standard InChI is InChI=1S/C17H18BrNO6/c1-23-16(21)9-10(17(22)24-2)14-12(11(18)13(9)25-14)19-15(20)8-6-4-3-5-7-8/h3-7,9-14H,1-2H3,(H,19,20)/t9-,10+,11-,12-,13-,14+/m1/s1. The van der Waals surface area contributed by atoms with Gasteiger partial charge in [-0.15, -0.1) is 0 Å². The number of carbonyl (C=O) groups is 3. The van der Waals surface area contributed by atoms with Crippen molar-refractivity contribution in [1.29, 1.82) is 0 Å². The predicted molar refractivity (Wildman–Crippen MR) is 90.1 cm³/mol. The second-order valence-electron chi connectivity index (χ2n) is 5.97. The average Bonchev–Trinajstić information content (AvgIpc) is 3.17. The molecule has 1 amide bonds. The van der Waals surface area contributed by atoms with E-state index in [0.29, 0.717) is 5.56 Å². The third kappa shape index (κ3) is 3.04. The van der Waals surface area contributed by atoms with Crippen LogP contribution in [0.5, 0.6) is 0 Å². The molecule has 8 heteroatoms. The quantitative estimate of drug-likeness (QED) is 0.584. The zero-order chi connectivity index (χ0) is 18.1. The zero-order valence-electron chi connectivity index (χ0n) is 13.7. The first-order valence-electron chi connectivity index (χ1n) is 7.80. The van der Waals surface area contributed by atoms with Gasteiger partial charge in [0.15, 0.2) is 0 Å². The maximum Gasteiger partial charge on any atom is 0.312 e. The Labute approximate surface area is 153 Å². The maximum absolute atomic E-state index is 12.4. The number of esters is 2. The van der Waals surface area contributed by atoms with E-state index in [1.54, 1.807) is 24.3 Å². The lowest BCUT2D eigenvalue weighted by atomic mass is 9.76. The van der Waals surface area contributed by atoms with Gasteiger partial charge >= 0.3 is 11.9 Å². The van der Waals surface area contributed by atoms with Gasteiger partial charge in [-0.1, -0.05) is 34.1 Å². The van der Waals surface area contributed by atoms with Gasteiger partial charge in [0.1, 0.15) is 11.8 Å². The Bertz CT molecular complexity index is 681. The summed E-state index contributed by atoms with van der Waals surface area (Å²) in [5, 5.41) is 2.89. The molecule has 3 rings (SSSR count). The average molecular weight is 412 g/mol. The Morgan fingerprint density at radius 3 is 2.12 bits per heavy atom. The van der Waals surface area contributed by atoms with Crippen LogP contribution in [-0.2, 0) is 23.8 Å². The summed E-state index contributed by atoms with van der Waals surface area (Å²) in [6.07, 6.45) is -1.25. The van der Waals surface area contributed by atoms with Crippen LogP contribution in [0.4, 0.5) is 0 Å². The Morgan fingerprint density at radius 2 is 1.56 bits per heavy atom. The third-order valence-corrected chi connectivity index (χ3v) is 5.79. The fourth-order valence-electron chi connectivity index (χ4n) is 3.55. The number of halogens is 1. The molecule has 25 heavy (non-hydrogen) atoms. The minimum atomic E-state index is -0.822. The monoisotopic (exact) mass is 411 g/mol. The van der Waals surface area contributed by atoms with E-state index >= 15 is 0 Å². The number of rotatable bonds is 4. The Hall–Kier alpha value is -1.93. The molecule has 2 bridgehead atoms. The van der Waals surface area contributed by atoms with Gasteiger partial charge in [-0.3, -0.25) is 14.4 Å². The molecule has 0 unspecified atom stereocenters. The molecule has 6 atom stereocenters. The number of alkyl halides is 1. The van der Waals surface area contributed by atoms with E-state index in [2.05, 4.69) is 21.2 Å². The smallest absolute Gasteiger partial charge is 0.312 e. The van der Waals surface area contributed by atoms with Gasteiger partial charge in [-0.2, -0.15) is 0 Å². The van der Waals surface area contributed by atoms with Crippen molar-refractivity contribution in [2.75, 3.05) is 14.2 Å². The molecular formula is C17H18BrNO6. The molecule has 2 fully saturated rings. The second-order valence-corrected chi connectivity index (χ2v) is 7.03. The molecule has 0 aromatic heterocycles. The first kappa shape index (κ1) is 17.9. The van der Waals surface area contributed by atoms with Crippen molar-refractivity contribution in [2.24, 2.45) is 11.8 Å². The summed E-state index contributed by atoms with van der Waals surface area (Å²) in [7, 11) is 2.52. The van der Waals surface area contributed by atoms with Crippen LogP contribution in [-0.4, -0.2) is 55.1 Å². The van der Waals surface area contributed by atoms with Gasteiger partial charge in [0, 0.05) is 5.56 Å². The van der Waals surface area contributed by atoms with E-state index in [1.807, 2.05) is 6.07 Å². The van der Waals surface area contributed by atoms with E-state index in [0.717, 1.165) is 0 Å². The first-order chi connectivity index (χ1) is 12.0. The minimum absolute atomic E-state index is 0.274. The van der Waals surface area contributed by atoms with Crippen molar-refractivity contribution in [3.8, 4) is 0 Å². The molecule has 2 aliphatic heterocycles. The van der Waals surface area contributed by atoms with Crippen LogP contribution >= 0.6 is 15.9 Å². The lowest BCUT2D eigenvalue weighted by Crippen LogP contribution is -2.56. The highest BCUT2D eigenvalue weighted by Gasteiger charge is 2.64. The van der Waals surface area contributed by atoms with Gasteiger partial charge in [-0.05, 0) is 12.1 Å². The molecule has 2 heterocycles. The number of ether oxygens (including phenoxy) is 3. The SMILES string of the molecule is COC(=O)[C@@H]1[C@@H]2O[C@@H]([C@H](Br)[C@H]2NC(=O)c2ccccc2)[C@@H]1C(=O)OC. The molecular weight excluding hydrogens is 394 g/mol. The maximum atomic E-state index is 12.4. The summed E-state index contributed by atoms with van der Waals surface area (Å²) in [6, 6.07) is 8.27. The molecule has 1 aromatic rings. The fraction of sp³-hybridized carbons (Fsp3) is 0.471. The summed E-state index contributed by atoms with van der Waals surface area (Å²) < 4.78 is 15.5. The second kappa shape index (κ2) is 7.13. The van der Waals surface area contributed by atoms with Gasteiger partial charge in [0.2, 0.25) is 0 Å². The Kier molecular flexibility index (Phi) is 5.10. The lowest BCUT2D eigenvalue weighted by molar-refractivity contribution is -0.158. The normalized spacial score (nSPS) is 32.9. The van der Waals surface area contributed by atoms with E-state index < -0.39 is 42.0 Å². The summed E-state index contributed by atoms with van der Waals surface area (Å²) in [6.45, 7) is 0. The molecule has 2 saturated heterocycles. The van der Waals surface area contributed by atoms with Crippen LogP contribution in [0.3, 0.4) is 0 Å². The summed E-state index contributed by atoms with van der Waals surface area (Å²) in [5.74, 6) is -2.94. The topological polar surface area (TPSA) is 90.9 Å². The summed E-state index contributed by atoms with van der Waals surface area (Å²) in [4.78, 5) is 36.4. The summed E-state index contributed by atoms with van der Waals surface area (Å²) in [5.41, 5.74) is 0.504. The summed E-state index contributed by atoms with van der Waals surface area (Å²) >= 11 is 3.50. The molecule has 0 spiro atoms. The number of hydrogen-bond acceptors (Lipinski definition) is 6.